The van der Waals surface area contributed by atoms with Crippen LogP contribution in [-0.4, -0.2) is 84.7 Å². The molecule has 0 radical (unpaired) electrons. The van der Waals surface area contributed by atoms with Gasteiger partial charge in [0.25, 0.3) is 0 Å². The van der Waals surface area contributed by atoms with Gasteiger partial charge < -0.3 is 50.2 Å². The van der Waals surface area contributed by atoms with E-state index < -0.39 is 6.10 Å². The van der Waals surface area contributed by atoms with Gasteiger partial charge in [-0.2, -0.15) is 15.3 Å². The minimum atomic E-state index is -0.616. The molecule has 3 atom stereocenters. The van der Waals surface area contributed by atoms with Crippen LogP contribution >= 0.6 is 0 Å². The van der Waals surface area contributed by atoms with E-state index in [1.54, 1.807) is 24.8 Å². The van der Waals surface area contributed by atoms with Crippen LogP contribution in [0.2, 0.25) is 0 Å². The SMILES string of the molecule is CCn1ncc2c1-c1cnc(N)c(c1)OC(C)c1cc(C)ccc1-c1nccn1C2.CCn1ncc2c1-c1cnc(N)c(c1)OC(CO)c1cc(C)ccc1-c1nccn1C2.CCn1ncc2c1-c1cnc(N)c(c1)O[C@@H](C)c1cc(C)ccc1-c1nccn1C2. The smallest absolute Gasteiger partial charge is 0.166 e. The average Bonchev–Trinajstić information content (AvgIpc) is 2.03. The number of benzene rings is 3. The second-order valence-electron chi connectivity index (χ2n) is 23.0. The number of rotatable bonds is 4. The topological polar surface area (TPSA) is 272 Å². The van der Waals surface area contributed by atoms with Gasteiger partial charge in [0.15, 0.2) is 34.7 Å². The summed E-state index contributed by atoms with van der Waals surface area (Å²) in [5, 5.41) is 24.0. The van der Waals surface area contributed by atoms with Crippen molar-refractivity contribution in [2.24, 2.45) is 0 Å². The summed E-state index contributed by atoms with van der Waals surface area (Å²) in [6, 6.07) is 24.6. The number of pyridine rings is 3. The van der Waals surface area contributed by atoms with E-state index in [-0.39, 0.29) is 24.6 Å². The minimum Gasteiger partial charge on any atom is -0.482 e. The zero-order chi connectivity index (χ0) is 63.2. The van der Waals surface area contributed by atoms with Crippen LogP contribution in [0.4, 0.5) is 17.5 Å². The second-order valence-corrected chi connectivity index (χ2v) is 23.0. The van der Waals surface area contributed by atoms with E-state index in [1.807, 2.05) is 121 Å². The van der Waals surface area contributed by atoms with Crippen molar-refractivity contribution in [2.45, 2.75) is 113 Å². The number of anilines is 3. The summed E-state index contributed by atoms with van der Waals surface area (Å²) in [5.74, 6) is 5.24. The molecular weight excluding hydrogens is 1140 g/mol. The third-order valence-corrected chi connectivity index (χ3v) is 16.9. The fourth-order valence-electron chi connectivity index (χ4n) is 12.4. The summed E-state index contributed by atoms with van der Waals surface area (Å²) in [6.45, 7) is 20.4. The Kier molecular flexibility index (Phi) is 16.0. The van der Waals surface area contributed by atoms with Crippen molar-refractivity contribution in [3.8, 4) is 85.2 Å². The molecule has 0 spiro atoms. The summed E-state index contributed by atoms with van der Waals surface area (Å²) >= 11 is 0. The lowest BCUT2D eigenvalue weighted by Gasteiger charge is -2.23. The number of hydrogen-bond acceptors (Lipinski definition) is 16. The van der Waals surface area contributed by atoms with Crippen molar-refractivity contribution in [1.29, 1.82) is 0 Å². The third-order valence-electron chi connectivity index (χ3n) is 16.9. The molecule has 9 aromatic heterocycles. The van der Waals surface area contributed by atoms with E-state index in [2.05, 4.69) is 130 Å². The van der Waals surface area contributed by atoms with Crippen molar-refractivity contribution >= 4 is 17.5 Å². The van der Waals surface area contributed by atoms with Gasteiger partial charge >= 0.3 is 0 Å². The quantitative estimate of drug-likeness (QED) is 0.127. The largest absolute Gasteiger partial charge is 0.482 e. The average molecular weight is 1220 g/mol. The Balaban J connectivity index is 0.000000125. The Labute approximate surface area is 526 Å². The molecule has 91 heavy (non-hydrogen) atoms. The Bertz CT molecular complexity index is 4470. The van der Waals surface area contributed by atoms with Crippen LogP contribution in [0.25, 0.3) is 67.9 Å². The van der Waals surface area contributed by atoms with Gasteiger partial charge in [0.1, 0.15) is 35.8 Å². The number of imidazole rings is 3. The number of nitrogen functional groups attached to an aromatic ring is 3. The van der Waals surface area contributed by atoms with Gasteiger partial charge in [-0.1, -0.05) is 71.3 Å². The summed E-state index contributed by atoms with van der Waals surface area (Å²) in [7, 11) is 0. The van der Waals surface area contributed by atoms with Gasteiger partial charge in [0.05, 0.1) is 61.9 Å². The first-order chi connectivity index (χ1) is 44.2. The van der Waals surface area contributed by atoms with Crippen molar-refractivity contribution in [2.75, 3.05) is 23.8 Å². The van der Waals surface area contributed by atoms with Gasteiger partial charge in [0.2, 0.25) is 0 Å². The molecule has 3 aliphatic heterocycles. The van der Waals surface area contributed by atoms with Crippen LogP contribution in [0.3, 0.4) is 0 Å². The van der Waals surface area contributed by atoms with Crippen LogP contribution < -0.4 is 31.4 Å². The number of aliphatic hydroxyl groups is 1. The minimum absolute atomic E-state index is 0.209. The molecule has 7 N–H and O–H groups in total. The van der Waals surface area contributed by atoms with Crippen LogP contribution in [0.1, 0.15) is 103 Å². The molecule has 2 unspecified atom stereocenters. The normalized spacial score (nSPS) is 15.2. The third kappa shape index (κ3) is 11.3. The van der Waals surface area contributed by atoms with Crippen LogP contribution in [0, 0.1) is 20.8 Å². The fourth-order valence-corrected chi connectivity index (χ4v) is 12.4. The number of hydrogen-bond donors (Lipinski definition) is 4. The molecule has 12 aromatic rings. The first-order valence-electron chi connectivity index (χ1n) is 30.6. The van der Waals surface area contributed by atoms with E-state index in [1.165, 1.54) is 11.1 Å². The summed E-state index contributed by atoms with van der Waals surface area (Å²) in [5.41, 5.74) is 36.9. The number of aliphatic hydroxyl groups excluding tert-OH is 1. The van der Waals surface area contributed by atoms with E-state index in [4.69, 9.17) is 31.4 Å². The molecule has 22 heteroatoms. The summed E-state index contributed by atoms with van der Waals surface area (Å²) in [4.78, 5) is 27.2. The van der Waals surface area contributed by atoms with E-state index in [9.17, 15) is 5.11 Å². The monoisotopic (exact) mass is 1220 g/mol. The highest BCUT2D eigenvalue weighted by atomic mass is 16.5. The maximum Gasteiger partial charge on any atom is 0.166 e. The zero-order valence-corrected chi connectivity index (χ0v) is 52.2. The molecule has 0 amide bonds. The molecule has 462 valence electrons. The predicted molar refractivity (Wildman–Crippen MR) is 350 cm³/mol. The Morgan fingerprint density at radius 2 is 0.769 bits per heavy atom. The van der Waals surface area contributed by atoms with Gasteiger partial charge in [-0.3, -0.25) is 14.0 Å². The number of fused-ring (bicyclic) bond motifs is 21. The highest BCUT2D eigenvalue weighted by Gasteiger charge is 2.28. The molecule has 6 bridgehead atoms. The lowest BCUT2D eigenvalue weighted by molar-refractivity contribution is 0.117. The van der Waals surface area contributed by atoms with Crippen LogP contribution in [0.15, 0.2) is 147 Å². The van der Waals surface area contributed by atoms with E-state index in [0.717, 1.165) is 120 Å². The summed E-state index contributed by atoms with van der Waals surface area (Å²) < 4.78 is 31.2. The Morgan fingerprint density at radius 3 is 1.11 bits per heavy atom. The van der Waals surface area contributed by atoms with Crippen molar-refractivity contribution in [1.82, 2.24) is 72.9 Å². The second kappa shape index (κ2) is 24.6. The predicted octanol–water partition coefficient (Wildman–Crippen LogP) is 11.6. The molecule has 0 saturated heterocycles. The molecule has 22 nitrogen and oxygen atoms in total. The lowest BCUT2D eigenvalue weighted by atomic mass is 9.98. The van der Waals surface area contributed by atoms with Gasteiger partial charge in [-0.15, -0.1) is 0 Å². The molecule has 0 aliphatic carbocycles. The van der Waals surface area contributed by atoms with E-state index >= 15 is 0 Å². The van der Waals surface area contributed by atoms with Crippen LogP contribution in [-0.2, 0) is 39.3 Å². The standard InChI is InChI=1S/C23H24N6O2.2C23H24N6O/c1-3-29-21-15-9-19(22(24)26-10-15)31-20(13-30)18-8-14(2)4-5-17(18)23-25-6-7-28(23)12-16(21)11-27-29;2*1-4-29-21-16-10-20(22(24)26-11-16)30-15(3)19-9-14(2)5-6-18(19)23-25-7-8-28(23)13-17(21)12-27-29/h4-11,20,30H,3,12-13H2,1-2H3,(H2,24,26);2*5-12,15H,4,13H2,1-3H3,(H2,24,26)/t;15-;/m.0./s1. The van der Waals surface area contributed by atoms with Gasteiger partial charge in [-0.25, -0.2) is 29.9 Å². The molecule has 15 rings (SSSR count). The number of nitrogens with zero attached hydrogens (tertiary/aromatic N) is 15. The highest BCUT2D eigenvalue weighted by Crippen LogP contribution is 2.41. The first kappa shape index (κ1) is 59.1. The molecular formula is C69H72N18O4. The van der Waals surface area contributed by atoms with E-state index in [0.29, 0.717) is 55.1 Å². The molecule has 3 aromatic carbocycles. The lowest BCUT2D eigenvalue weighted by Crippen LogP contribution is -2.16. The molecule has 12 heterocycles. The number of nitrogens with two attached hydrogens (primary N) is 3. The zero-order valence-electron chi connectivity index (χ0n) is 52.2. The highest BCUT2D eigenvalue weighted by molar-refractivity contribution is 5.72. The molecule has 0 fully saturated rings. The summed E-state index contributed by atoms with van der Waals surface area (Å²) in [6.07, 6.45) is 21.4. The van der Waals surface area contributed by atoms with Crippen molar-refractivity contribution < 1.29 is 19.3 Å². The van der Waals surface area contributed by atoms with Crippen LogP contribution in [0.5, 0.6) is 17.2 Å². The molecule has 0 saturated carbocycles. The van der Waals surface area contributed by atoms with Crippen molar-refractivity contribution in [3.63, 3.8) is 0 Å². The first-order valence-corrected chi connectivity index (χ1v) is 30.6. The number of aromatic nitrogens is 15. The number of aryl methyl sites for hydroxylation is 6. The fraction of sp³-hybridized carbons (Fsp3) is 0.261. The maximum absolute atomic E-state index is 10.2. The number of ether oxygens (including phenoxy) is 3. The Hall–Kier alpha value is -10.9. The van der Waals surface area contributed by atoms with Gasteiger partial charge in [-0.05, 0) is 73.6 Å². The Morgan fingerprint density at radius 1 is 0.440 bits per heavy atom. The van der Waals surface area contributed by atoms with Crippen molar-refractivity contribution in [3.05, 3.63) is 197 Å². The molecule has 3 aliphatic rings. The van der Waals surface area contributed by atoms with Gasteiger partial charge in [0, 0.05) is 142 Å². The maximum atomic E-state index is 10.2.